The fourth-order valence-electron chi connectivity index (χ4n) is 4.05. The van der Waals surface area contributed by atoms with Crippen molar-refractivity contribution in [2.24, 2.45) is 15.1 Å². The first-order valence-electron chi connectivity index (χ1n) is 12.7. The number of anilines is 2. The number of benzene rings is 3. The monoisotopic (exact) mass is 596 g/mol. The number of thioether (sulfide) groups is 1. The number of rotatable bonds is 8. The van der Waals surface area contributed by atoms with Crippen LogP contribution in [0.4, 0.5) is 29.3 Å². The van der Waals surface area contributed by atoms with Crippen LogP contribution in [-0.2, 0) is 11.2 Å². The Hall–Kier alpha value is -4.65. The molecule has 1 N–H and O–H groups in total. The molecule has 0 aliphatic carbocycles. The highest BCUT2D eigenvalue weighted by molar-refractivity contribution is 8.15. The van der Waals surface area contributed by atoms with Gasteiger partial charge in [0.1, 0.15) is 5.75 Å². The number of nitrogens with zero attached hydrogens (tertiary/aromatic N) is 5. The smallest absolute Gasteiger partial charge is 0.406 e. The Balaban J connectivity index is 1.37. The summed E-state index contributed by atoms with van der Waals surface area (Å²) in [5.74, 6) is 0.0336. The molecule has 0 atom stereocenters. The zero-order chi connectivity index (χ0) is 30.3. The summed E-state index contributed by atoms with van der Waals surface area (Å²) in [7, 11) is 1.63. The van der Waals surface area contributed by atoms with Crippen LogP contribution in [0.3, 0.4) is 0 Å². The number of carbonyl (C=O) groups excluding carboxylic acids is 2. The van der Waals surface area contributed by atoms with Gasteiger partial charge in [-0.3, -0.25) is 14.7 Å². The summed E-state index contributed by atoms with van der Waals surface area (Å²) in [6, 6.07) is 19.5. The number of carbonyl (C=O) groups is 2. The lowest BCUT2D eigenvalue weighted by Gasteiger charge is -2.18. The Morgan fingerprint density at radius 3 is 2.55 bits per heavy atom. The zero-order valence-electron chi connectivity index (χ0n) is 22.8. The van der Waals surface area contributed by atoms with Gasteiger partial charge in [0.15, 0.2) is 11.0 Å². The number of aryl methyl sites for hydroxylation is 1. The topological polar surface area (TPSA) is 99.0 Å². The molecule has 218 valence electrons. The van der Waals surface area contributed by atoms with Crippen LogP contribution in [-0.4, -0.2) is 55.4 Å². The third-order valence-electron chi connectivity index (χ3n) is 6.03. The maximum atomic E-state index is 12.6. The van der Waals surface area contributed by atoms with Gasteiger partial charge in [-0.05, 0) is 67.6 Å². The second kappa shape index (κ2) is 13.3. The molecule has 0 saturated carbocycles. The first-order valence-corrected chi connectivity index (χ1v) is 13.6. The van der Waals surface area contributed by atoms with Gasteiger partial charge < -0.3 is 10.1 Å². The summed E-state index contributed by atoms with van der Waals surface area (Å²) in [6.07, 6.45) is -4.29. The molecule has 1 heterocycles. The molecule has 0 spiro atoms. The van der Waals surface area contributed by atoms with E-state index in [1.807, 2.05) is 49.4 Å². The molecule has 3 aromatic carbocycles. The number of amidine groups is 2. The van der Waals surface area contributed by atoms with E-state index < -0.39 is 12.4 Å². The second-order valence-electron chi connectivity index (χ2n) is 9.03. The van der Waals surface area contributed by atoms with Crippen molar-refractivity contribution in [3.8, 4) is 5.75 Å². The Bertz CT molecular complexity index is 1530. The van der Waals surface area contributed by atoms with Crippen LogP contribution in [0.15, 0.2) is 87.9 Å². The summed E-state index contributed by atoms with van der Waals surface area (Å²) < 4.78 is 41.2. The second-order valence-corrected chi connectivity index (χ2v) is 9.97. The number of hydrazone groups is 1. The highest BCUT2D eigenvalue weighted by atomic mass is 32.2. The summed E-state index contributed by atoms with van der Waals surface area (Å²) >= 11 is 1.21. The van der Waals surface area contributed by atoms with E-state index in [0.29, 0.717) is 40.9 Å². The van der Waals surface area contributed by atoms with Gasteiger partial charge in [0.2, 0.25) is 5.91 Å². The minimum Gasteiger partial charge on any atom is -0.406 e. The average molecular weight is 597 g/mol. The number of nitrogens with one attached hydrogen (secondary N) is 1. The van der Waals surface area contributed by atoms with Crippen molar-refractivity contribution in [1.29, 1.82) is 0 Å². The number of hydrogen-bond donors (Lipinski definition) is 1. The van der Waals surface area contributed by atoms with Gasteiger partial charge in [0.05, 0.1) is 17.1 Å². The van der Waals surface area contributed by atoms with Gasteiger partial charge in [0.25, 0.3) is 0 Å². The first kappa shape index (κ1) is 30.3. The predicted molar refractivity (Wildman–Crippen MR) is 160 cm³/mol. The van der Waals surface area contributed by atoms with Gasteiger partial charge >= 0.3 is 12.4 Å². The minimum absolute atomic E-state index is 0.135. The number of para-hydroxylation sites is 1. The maximum absolute atomic E-state index is 12.6. The number of hydrogen-bond acceptors (Lipinski definition) is 6. The van der Waals surface area contributed by atoms with E-state index in [-0.39, 0.29) is 17.4 Å². The third kappa shape index (κ3) is 7.97. The number of alkyl halides is 3. The zero-order valence-corrected chi connectivity index (χ0v) is 23.6. The van der Waals surface area contributed by atoms with Crippen molar-refractivity contribution in [3.63, 3.8) is 0 Å². The number of urea groups is 1. The Labute approximate surface area is 244 Å². The van der Waals surface area contributed by atoms with Gasteiger partial charge in [-0.1, -0.05) is 48.2 Å². The molecule has 0 bridgehead atoms. The maximum Gasteiger partial charge on any atom is 0.573 e. The Kier molecular flexibility index (Phi) is 9.63. The van der Waals surface area contributed by atoms with Crippen LogP contribution in [0.25, 0.3) is 0 Å². The summed E-state index contributed by atoms with van der Waals surface area (Å²) in [4.78, 5) is 34.6. The highest BCUT2D eigenvalue weighted by Gasteiger charge is 2.32. The molecule has 13 heteroatoms. The lowest BCUT2D eigenvalue weighted by molar-refractivity contribution is -0.274. The third-order valence-corrected chi connectivity index (χ3v) is 6.96. The molecule has 1 aliphatic heterocycles. The summed E-state index contributed by atoms with van der Waals surface area (Å²) in [6.45, 7) is 5.77. The van der Waals surface area contributed by atoms with Gasteiger partial charge in [0, 0.05) is 19.2 Å². The fraction of sp³-hybridized carbons (Fsp3) is 0.207. The number of halogens is 3. The van der Waals surface area contributed by atoms with Crippen LogP contribution in [0.1, 0.15) is 16.7 Å². The van der Waals surface area contributed by atoms with Gasteiger partial charge in [-0.15, -0.1) is 13.2 Å². The molecule has 4 rings (SSSR count). The SMILES string of the molecule is C=N/C(=N\N(C)c1ccc(OC(F)(F)F)cc1)c1cccc(CCNC(=O)N=C2SCC(=O)N2c2ccccc2C)c1. The Morgan fingerprint density at radius 2 is 1.86 bits per heavy atom. The molecule has 1 aliphatic rings. The number of ether oxygens (including phenoxy) is 1. The molecule has 0 radical (unpaired) electrons. The molecule has 42 heavy (non-hydrogen) atoms. The molecular weight excluding hydrogens is 569 g/mol. The van der Waals surface area contributed by atoms with E-state index in [1.165, 1.54) is 45.9 Å². The molecule has 9 nitrogen and oxygen atoms in total. The quantitative estimate of drug-likeness (QED) is 0.202. The lowest BCUT2D eigenvalue weighted by Crippen LogP contribution is -2.32. The van der Waals surface area contributed by atoms with Crippen molar-refractivity contribution in [3.05, 3.63) is 89.5 Å². The average Bonchev–Trinajstić information content (AvgIpc) is 3.30. The van der Waals surface area contributed by atoms with Crippen molar-refractivity contribution in [1.82, 2.24) is 5.32 Å². The molecule has 0 aromatic heterocycles. The largest absolute Gasteiger partial charge is 0.573 e. The highest BCUT2D eigenvalue weighted by Crippen LogP contribution is 2.29. The molecule has 3 aromatic rings. The van der Waals surface area contributed by atoms with E-state index in [4.69, 9.17) is 0 Å². The van der Waals surface area contributed by atoms with E-state index in [2.05, 4.69) is 31.9 Å². The van der Waals surface area contributed by atoms with E-state index in [0.717, 1.165) is 11.1 Å². The minimum atomic E-state index is -4.77. The van der Waals surface area contributed by atoms with Crippen molar-refractivity contribution >= 4 is 52.8 Å². The van der Waals surface area contributed by atoms with E-state index in [1.54, 1.807) is 13.1 Å². The number of aliphatic imine (C=N–C) groups is 2. The van der Waals surface area contributed by atoms with E-state index >= 15 is 0 Å². The van der Waals surface area contributed by atoms with E-state index in [9.17, 15) is 22.8 Å². The van der Waals surface area contributed by atoms with Crippen molar-refractivity contribution in [2.75, 3.05) is 29.3 Å². The molecule has 1 saturated heterocycles. The van der Waals surface area contributed by atoms with Gasteiger partial charge in [-0.2, -0.15) is 10.1 Å². The van der Waals surface area contributed by atoms with Crippen molar-refractivity contribution < 1.29 is 27.5 Å². The predicted octanol–water partition coefficient (Wildman–Crippen LogP) is 5.78. The molecule has 3 amide bonds. The number of amides is 3. The van der Waals surface area contributed by atoms with Crippen LogP contribution in [0.5, 0.6) is 5.75 Å². The normalized spacial score (nSPS) is 14.7. The lowest BCUT2D eigenvalue weighted by atomic mass is 10.1. The van der Waals surface area contributed by atoms with Crippen LogP contribution in [0.2, 0.25) is 0 Å². The van der Waals surface area contributed by atoms with Gasteiger partial charge in [-0.25, -0.2) is 9.79 Å². The fourth-order valence-corrected chi connectivity index (χ4v) is 4.90. The summed E-state index contributed by atoms with van der Waals surface area (Å²) in [5, 5.41) is 8.98. The van der Waals surface area contributed by atoms with Crippen molar-refractivity contribution in [2.45, 2.75) is 19.7 Å². The standard InChI is InChI=1S/C29H27F3N6O3S/c1-19-7-4-5-10-24(19)38-25(39)18-42-28(38)35-27(40)34-16-15-20-8-6-9-21(17-20)26(33-2)36-37(3)22-11-13-23(14-12-22)41-29(30,31)32/h4-14,17H,2,15-16,18H2,1,3H3,(H,34,40)/b35-28?,36-26-. The van der Waals surface area contributed by atoms with Crippen LogP contribution in [0, 0.1) is 6.92 Å². The molecular formula is C29H27F3N6O3S. The van der Waals surface area contributed by atoms with Crippen LogP contribution >= 0.6 is 11.8 Å². The first-order chi connectivity index (χ1) is 20.0. The molecule has 0 unspecified atom stereocenters. The molecule has 1 fully saturated rings. The van der Waals surface area contributed by atoms with Crippen LogP contribution < -0.4 is 20.0 Å². The Morgan fingerprint density at radius 1 is 1.12 bits per heavy atom. The summed E-state index contributed by atoms with van der Waals surface area (Å²) in [5.41, 5.74) is 3.65.